The van der Waals surface area contributed by atoms with Crippen molar-refractivity contribution in [1.82, 2.24) is 9.97 Å². The lowest BCUT2D eigenvalue weighted by atomic mass is 10.3. The van der Waals surface area contributed by atoms with Gasteiger partial charge in [-0.2, -0.15) is 0 Å². The van der Waals surface area contributed by atoms with Crippen LogP contribution in [0.25, 0.3) is 11.6 Å². The van der Waals surface area contributed by atoms with Crippen molar-refractivity contribution in [2.75, 3.05) is 19.0 Å². The van der Waals surface area contributed by atoms with Gasteiger partial charge in [-0.3, -0.25) is 0 Å². The topological polar surface area (TPSA) is 79.5 Å². The van der Waals surface area contributed by atoms with Crippen LogP contribution in [0, 0.1) is 0 Å². The van der Waals surface area contributed by atoms with Gasteiger partial charge in [-0.15, -0.1) is 0 Å². The van der Waals surface area contributed by atoms with Crippen molar-refractivity contribution >= 4 is 11.8 Å². The summed E-state index contributed by atoms with van der Waals surface area (Å²) in [6, 6.07) is 3.44. The standard InChI is InChI=1S/C11H11N3O3/c1-14(2)10-7(11(15)16)6-12-9(13-10)8-4-3-5-17-8/h3-6H,1-2H3,(H,15,16). The lowest BCUT2D eigenvalue weighted by Crippen LogP contribution is -2.16. The molecule has 0 saturated heterocycles. The predicted octanol–water partition coefficient (Wildman–Crippen LogP) is 1.50. The van der Waals surface area contributed by atoms with Gasteiger partial charge < -0.3 is 14.4 Å². The number of rotatable bonds is 3. The first-order chi connectivity index (χ1) is 8.09. The number of carbonyl (C=O) groups is 1. The number of hydrogen-bond donors (Lipinski definition) is 1. The lowest BCUT2D eigenvalue weighted by Gasteiger charge is -2.14. The highest BCUT2D eigenvalue weighted by Crippen LogP contribution is 2.21. The minimum Gasteiger partial charge on any atom is -0.477 e. The number of aromatic carboxylic acids is 1. The van der Waals surface area contributed by atoms with Crippen LogP contribution in [-0.4, -0.2) is 35.1 Å². The molecule has 1 N–H and O–H groups in total. The van der Waals surface area contributed by atoms with Gasteiger partial charge in [0.25, 0.3) is 0 Å². The van der Waals surface area contributed by atoms with Gasteiger partial charge in [-0.1, -0.05) is 0 Å². The molecular formula is C11H11N3O3. The van der Waals surface area contributed by atoms with Crippen molar-refractivity contribution in [2.45, 2.75) is 0 Å². The molecule has 2 heterocycles. The fraction of sp³-hybridized carbons (Fsp3) is 0.182. The molecule has 0 fully saturated rings. The van der Waals surface area contributed by atoms with Crippen LogP contribution in [0.1, 0.15) is 10.4 Å². The van der Waals surface area contributed by atoms with Gasteiger partial charge in [-0.25, -0.2) is 14.8 Å². The van der Waals surface area contributed by atoms with E-state index in [1.54, 1.807) is 31.1 Å². The van der Waals surface area contributed by atoms with Gasteiger partial charge in [0, 0.05) is 20.3 Å². The van der Waals surface area contributed by atoms with Gasteiger partial charge in [0.2, 0.25) is 0 Å². The van der Waals surface area contributed by atoms with Crippen LogP contribution >= 0.6 is 0 Å². The zero-order valence-electron chi connectivity index (χ0n) is 9.41. The van der Waals surface area contributed by atoms with E-state index >= 15 is 0 Å². The van der Waals surface area contributed by atoms with Crippen molar-refractivity contribution in [3.63, 3.8) is 0 Å². The minimum absolute atomic E-state index is 0.0605. The molecule has 0 radical (unpaired) electrons. The monoisotopic (exact) mass is 233 g/mol. The maximum absolute atomic E-state index is 11.0. The van der Waals surface area contributed by atoms with Crippen LogP contribution < -0.4 is 4.90 Å². The Kier molecular flexibility index (Phi) is 2.78. The molecule has 0 atom stereocenters. The molecular weight excluding hydrogens is 222 g/mol. The largest absolute Gasteiger partial charge is 0.477 e. The van der Waals surface area contributed by atoms with Crippen molar-refractivity contribution in [3.8, 4) is 11.6 Å². The van der Waals surface area contributed by atoms with Crippen molar-refractivity contribution in [1.29, 1.82) is 0 Å². The predicted molar refractivity (Wildman–Crippen MR) is 61.0 cm³/mol. The molecule has 17 heavy (non-hydrogen) atoms. The summed E-state index contributed by atoms with van der Waals surface area (Å²) < 4.78 is 5.16. The SMILES string of the molecule is CN(C)c1nc(-c2ccco2)ncc1C(=O)O. The Bertz CT molecular complexity index is 535. The van der Waals surface area contributed by atoms with E-state index in [0.29, 0.717) is 17.4 Å². The van der Waals surface area contributed by atoms with Crippen molar-refractivity contribution in [3.05, 3.63) is 30.2 Å². The third-order valence-corrected chi connectivity index (χ3v) is 2.16. The Morgan fingerprint density at radius 3 is 2.76 bits per heavy atom. The Balaban J connectivity index is 2.53. The molecule has 88 valence electrons. The van der Waals surface area contributed by atoms with Crippen molar-refractivity contribution in [2.24, 2.45) is 0 Å². The minimum atomic E-state index is -1.06. The van der Waals surface area contributed by atoms with Gasteiger partial charge >= 0.3 is 5.97 Å². The molecule has 2 aromatic heterocycles. The number of carboxylic acid groups (broad SMARTS) is 1. The Labute approximate surface area is 97.5 Å². The summed E-state index contributed by atoms with van der Waals surface area (Å²) in [6.07, 6.45) is 2.79. The summed E-state index contributed by atoms with van der Waals surface area (Å²) >= 11 is 0. The van der Waals surface area contributed by atoms with E-state index in [4.69, 9.17) is 9.52 Å². The highest BCUT2D eigenvalue weighted by atomic mass is 16.4. The van der Waals surface area contributed by atoms with E-state index in [9.17, 15) is 4.79 Å². The average molecular weight is 233 g/mol. The zero-order chi connectivity index (χ0) is 12.4. The molecule has 0 spiro atoms. The molecule has 0 aliphatic rings. The first-order valence-corrected chi connectivity index (χ1v) is 4.91. The second kappa shape index (κ2) is 4.25. The number of carboxylic acids is 1. The first-order valence-electron chi connectivity index (χ1n) is 4.91. The van der Waals surface area contributed by atoms with Crippen LogP contribution in [-0.2, 0) is 0 Å². The number of aromatic nitrogens is 2. The molecule has 0 aliphatic heterocycles. The van der Waals surface area contributed by atoms with Crippen LogP contribution in [0.4, 0.5) is 5.82 Å². The second-order valence-electron chi connectivity index (χ2n) is 3.61. The Morgan fingerprint density at radius 1 is 1.47 bits per heavy atom. The number of furan rings is 1. The summed E-state index contributed by atoms with van der Waals surface area (Å²) in [5.41, 5.74) is 0.0605. The Hall–Kier alpha value is -2.37. The van der Waals surface area contributed by atoms with Gasteiger partial charge in [0.15, 0.2) is 11.6 Å². The molecule has 0 aliphatic carbocycles. The van der Waals surface area contributed by atoms with Crippen LogP contribution in [0.5, 0.6) is 0 Å². The quantitative estimate of drug-likeness (QED) is 0.865. The molecule has 0 bridgehead atoms. The molecule has 6 nitrogen and oxygen atoms in total. The number of nitrogens with zero attached hydrogens (tertiary/aromatic N) is 3. The zero-order valence-corrected chi connectivity index (χ0v) is 9.41. The molecule has 0 unspecified atom stereocenters. The normalized spacial score (nSPS) is 10.2. The third kappa shape index (κ3) is 2.10. The summed E-state index contributed by atoms with van der Waals surface area (Å²) in [4.78, 5) is 20.8. The molecule has 0 aromatic carbocycles. The highest BCUT2D eigenvalue weighted by Gasteiger charge is 2.16. The highest BCUT2D eigenvalue weighted by molar-refractivity contribution is 5.93. The van der Waals surface area contributed by atoms with E-state index < -0.39 is 5.97 Å². The lowest BCUT2D eigenvalue weighted by molar-refractivity contribution is 0.0697. The van der Waals surface area contributed by atoms with Crippen LogP contribution in [0.2, 0.25) is 0 Å². The molecule has 2 rings (SSSR count). The smallest absolute Gasteiger partial charge is 0.341 e. The second-order valence-corrected chi connectivity index (χ2v) is 3.61. The molecule has 6 heteroatoms. The fourth-order valence-electron chi connectivity index (χ4n) is 1.39. The summed E-state index contributed by atoms with van der Waals surface area (Å²) in [5, 5.41) is 9.01. The van der Waals surface area contributed by atoms with E-state index in [-0.39, 0.29) is 5.56 Å². The third-order valence-electron chi connectivity index (χ3n) is 2.16. The van der Waals surface area contributed by atoms with Gasteiger partial charge in [0.05, 0.1) is 6.26 Å². The van der Waals surface area contributed by atoms with Crippen LogP contribution in [0.3, 0.4) is 0 Å². The summed E-state index contributed by atoms with van der Waals surface area (Å²) in [6.45, 7) is 0. The maximum Gasteiger partial charge on any atom is 0.341 e. The first kappa shape index (κ1) is 11.1. The number of anilines is 1. The van der Waals surface area contributed by atoms with E-state index in [0.717, 1.165) is 0 Å². The van der Waals surface area contributed by atoms with E-state index in [1.807, 2.05) is 0 Å². The summed E-state index contributed by atoms with van der Waals surface area (Å²) in [7, 11) is 3.45. The maximum atomic E-state index is 11.0. The van der Waals surface area contributed by atoms with Crippen LogP contribution in [0.15, 0.2) is 29.0 Å². The van der Waals surface area contributed by atoms with Gasteiger partial charge in [-0.05, 0) is 12.1 Å². The van der Waals surface area contributed by atoms with Gasteiger partial charge in [0.1, 0.15) is 11.4 Å². The molecule has 0 saturated carbocycles. The average Bonchev–Trinajstić information content (AvgIpc) is 2.81. The van der Waals surface area contributed by atoms with E-state index in [1.165, 1.54) is 12.5 Å². The number of hydrogen-bond acceptors (Lipinski definition) is 5. The van der Waals surface area contributed by atoms with Crippen molar-refractivity contribution < 1.29 is 14.3 Å². The Morgan fingerprint density at radius 2 is 2.24 bits per heavy atom. The fourth-order valence-corrected chi connectivity index (χ4v) is 1.39. The summed E-state index contributed by atoms with van der Waals surface area (Å²) in [5.74, 6) is 0.160. The molecule has 0 amide bonds. The van der Waals surface area contributed by atoms with E-state index in [2.05, 4.69) is 9.97 Å². The molecule has 2 aromatic rings.